The zero-order chi connectivity index (χ0) is 17.2. The molecule has 2 aromatic carbocycles. The molecule has 0 saturated heterocycles. The van der Waals surface area contributed by atoms with Crippen LogP contribution >= 0.6 is 0 Å². The number of fused-ring (bicyclic) bond motifs is 1. The van der Waals surface area contributed by atoms with Crippen LogP contribution in [-0.2, 0) is 11.2 Å². The van der Waals surface area contributed by atoms with Crippen LogP contribution in [0, 0.1) is 0 Å². The average Bonchev–Trinajstić information content (AvgIpc) is 3.50. The smallest absolute Gasteiger partial charge is 0.108 e. The first-order valence-corrected chi connectivity index (χ1v) is 9.34. The maximum Gasteiger partial charge on any atom is 0.108 e. The van der Waals surface area contributed by atoms with E-state index >= 15 is 0 Å². The molecule has 0 amide bonds. The monoisotopic (exact) mass is 334 g/mol. The fourth-order valence-corrected chi connectivity index (χ4v) is 3.48. The van der Waals surface area contributed by atoms with Gasteiger partial charge in [-0.25, -0.2) is 4.99 Å². The van der Waals surface area contributed by atoms with Crippen LogP contribution in [-0.4, -0.2) is 31.4 Å². The molecule has 25 heavy (non-hydrogen) atoms. The summed E-state index contributed by atoms with van der Waals surface area (Å²) in [5.74, 6) is 0.669. The molecule has 3 nitrogen and oxygen atoms in total. The predicted octanol–water partition coefficient (Wildman–Crippen LogP) is 4.84. The van der Waals surface area contributed by atoms with Crippen molar-refractivity contribution in [3.05, 3.63) is 64.7 Å². The first kappa shape index (κ1) is 16.3. The van der Waals surface area contributed by atoms with Crippen molar-refractivity contribution < 1.29 is 4.74 Å². The Hall–Kier alpha value is -2.13. The lowest BCUT2D eigenvalue weighted by molar-refractivity contribution is 0.0698. The van der Waals surface area contributed by atoms with Gasteiger partial charge in [0.15, 0.2) is 0 Å². The van der Waals surface area contributed by atoms with Gasteiger partial charge in [0, 0.05) is 13.6 Å². The maximum absolute atomic E-state index is 6.15. The topological polar surface area (TPSA) is 24.8 Å². The Kier molecular flexibility index (Phi) is 4.58. The number of hydrogen-bond acceptors (Lipinski definition) is 2. The number of nitrogens with zero attached hydrogens (tertiary/aromatic N) is 2. The van der Waals surface area contributed by atoms with Gasteiger partial charge in [0.25, 0.3) is 0 Å². The lowest BCUT2D eigenvalue weighted by atomic mass is 9.89. The van der Waals surface area contributed by atoms with Crippen molar-refractivity contribution in [2.75, 3.05) is 20.2 Å². The van der Waals surface area contributed by atoms with E-state index in [0.29, 0.717) is 5.92 Å². The zero-order valence-electron chi connectivity index (χ0n) is 15.1. The summed E-state index contributed by atoms with van der Waals surface area (Å²) in [6.07, 6.45) is 5.54. The molecule has 0 spiro atoms. The molecule has 2 aliphatic rings. The molecule has 0 N–H and O–H groups in total. The second-order valence-corrected chi connectivity index (χ2v) is 7.11. The number of hydrogen-bond donors (Lipinski definition) is 0. The minimum Gasteiger partial charge on any atom is -0.368 e. The molecule has 0 bridgehead atoms. The summed E-state index contributed by atoms with van der Waals surface area (Å²) >= 11 is 0. The summed E-state index contributed by atoms with van der Waals surface area (Å²) < 4.78 is 6.15. The quantitative estimate of drug-likeness (QED) is 0.577. The zero-order valence-corrected chi connectivity index (χ0v) is 15.1. The summed E-state index contributed by atoms with van der Waals surface area (Å²) in [7, 11) is 2.07. The third kappa shape index (κ3) is 3.47. The first-order valence-electron chi connectivity index (χ1n) is 9.34. The third-order valence-electron chi connectivity index (χ3n) is 5.24. The SMILES string of the molecule is CCN(C)/C=N/c1cc2c(cc1C1CC1)C(c1ccccc1)OCC2. The third-order valence-corrected chi connectivity index (χ3v) is 5.24. The van der Waals surface area contributed by atoms with E-state index in [1.165, 1.54) is 35.1 Å². The van der Waals surface area contributed by atoms with Crippen molar-refractivity contribution in [1.82, 2.24) is 4.90 Å². The molecule has 1 atom stereocenters. The van der Waals surface area contributed by atoms with Gasteiger partial charge < -0.3 is 9.64 Å². The number of rotatable bonds is 5. The van der Waals surface area contributed by atoms with E-state index in [2.05, 4.69) is 61.3 Å². The Morgan fingerprint density at radius 3 is 2.68 bits per heavy atom. The standard InChI is InChI=1S/C22H26N2O/c1-3-24(2)15-23-21-13-18-11-12-25-22(17-7-5-4-6-8-17)20(18)14-19(21)16-9-10-16/h4-8,13-16,22H,3,9-12H2,1-2H3/b23-15+. The van der Waals surface area contributed by atoms with Gasteiger partial charge in [-0.3, -0.25) is 0 Å². The van der Waals surface area contributed by atoms with Gasteiger partial charge >= 0.3 is 0 Å². The lowest BCUT2D eigenvalue weighted by Crippen LogP contribution is -2.18. The molecule has 4 rings (SSSR count). The van der Waals surface area contributed by atoms with Gasteiger partial charge in [0.2, 0.25) is 0 Å². The second-order valence-electron chi connectivity index (χ2n) is 7.11. The molecule has 2 aromatic rings. The largest absolute Gasteiger partial charge is 0.368 e. The van der Waals surface area contributed by atoms with Crippen LogP contribution in [0.4, 0.5) is 5.69 Å². The van der Waals surface area contributed by atoms with Gasteiger partial charge in [-0.05, 0) is 60.4 Å². The maximum atomic E-state index is 6.15. The molecule has 0 radical (unpaired) electrons. The molecular formula is C22H26N2O. The van der Waals surface area contributed by atoms with Crippen LogP contribution < -0.4 is 0 Å². The Labute approximate surface area is 150 Å². The van der Waals surface area contributed by atoms with Crippen LogP contribution in [0.2, 0.25) is 0 Å². The van der Waals surface area contributed by atoms with E-state index in [1.807, 2.05) is 6.34 Å². The lowest BCUT2D eigenvalue weighted by Gasteiger charge is -2.28. The van der Waals surface area contributed by atoms with Crippen molar-refractivity contribution in [3.63, 3.8) is 0 Å². The van der Waals surface area contributed by atoms with Gasteiger partial charge in [-0.1, -0.05) is 36.4 Å². The number of aliphatic imine (C=N–C) groups is 1. The number of benzene rings is 2. The van der Waals surface area contributed by atoms with E-state index in [0.717, 1.165) is 25.3 Å². The molecule has 3 heteroatoms. The van der Waals surface area contributed by atoms with E-state index in [-0.39, 0.29) is 6.10 Å². The first-order chi connectivity index (χ1) is 12.3. The molecule has 0 aromatic heterocycles. The summed E-state index contributed by atoms with van der Waals surface area (Å²) in [4.78, 5) is 6.92. The molecule has 1 aliphatic carbocycles. The predicted molar refractivity (Wildman–Crippen MR) is 103 cm³/mol. The fourth-order valence-electron chi connectivity index (χ4n) is 3.48. The number of ether oxygens (including phenoxy) is 1. The molecule has 1 heterocycles. The van der Waals surface area contributed by atoms with Crippen LogP contribution in [0.3, 0.4) is 0 Å². The Bertz CT molecular complexity index is 765. The minimum absolute atomic E-state index is 0.0544. The van der Waals surface area contributed by atoms with E-state index < -0.39 is 0 Å². The van der Waals surface area contributed by atoms with E-state index in [1.54, 1.807) is 0 Å². The van der Waals surface area contributed by atoms with Crippen molar-refractivity contribution in [2.24, 2.45) is 4.99 Å². The van der Waals surface area contributed by atoms with Gasteiger partial charge in [0.05, 0.1) is 18.6 Å². The molecule has 1 saturated carbocycles. The second kappa shape index (κ2) is 7.01. The highest BCUT2D eigenvalue weighted by Gasteiger charge is 2.30. The van der Waals surface area contributed by atoms with Crippen LogP contribution in [0.1, 0.15) is 54.0 Å². The summed E-state index contributed by atoms with van der Waals surface area (Å²) in [5.41, 5.74) is 6.51. The molecule has 1 fully saturated rings. The fraction of sp³-hybridized carbons (Fsp3) is 0.409. The Morgan fingerprint density at radius 2 is 1.96 bits per heavy atom. The van der Waals surface area contributed by atoms with Crippen LogP contribution in [0.25, 0.3) is 0 Å². The van der Waals surface area contributed by atoms with Gasteiger partial charge in [-0.15, -0.1) is 0 Å². The van der Waals surface area contributed by atoms with Crippen molar-refractivity contribution in [1.29, 1.82) is 0 Å². The van der Waals surface area contributed by atoms with Crippen molar-refractivity contribution in [3.8, 4) is 0 Å². The van der Waals surface area contributed by atoms with E-state index in [9.17, 15) is 0 Å². The van der Waals surface area contributed by atoms with Gasteiger partial charge in [-0.2, -0.15) is 0 Å². The summed E-state index contributed by atoms with van der Waals surface area (Å²) in [6, 6.07) is 15.3. The molecular weight excluding hydrogens is 308 g/mol. The normalized spacial score (nSPS) is 19.8. The highest BCUT2D eigenvalue weighted by Crippen LogP contribution is 2.47. The molecule has 1 unspecified atom stereocenters. The van der Waals surface area contributed by atoms with E-state index in [4.69, 9.17) is 9.73 Å². The summed E-state index contributed by atoms with van der Waals surface area (Å²) in [6.45, 7) is 3.88. The average molecular weight is 334 g/mol. The molecule has 130 valence electrons. The van der Waals surface area contributed by atoms with Crippen LogP contribution in [0.5, 0.6) is 0 Å². The van der Waals surface area contributed by atoms with Crippen molar-refractivity contribution in [2.45, 2.75) is 38.2 Å². The Morgan fingerprint density at radius 1 is 1.16 bits per heavy atom. The molecule has 1 aliphatic heterocycles. The van der Waals surface area contributed by atoms with Gasteiger partial charge in [0.1, 0.15) is 6.10 Å². The summed E-state index contributed by atoms with van der Waals surface area (Å²) in [5, 5.41) is 0. The Balaban J connectivity index is 1.74. The van der Waals surface area contributed by atoms with Crippen LogP contribution in [0.15, 0.2) is 47.5 Å². The highest BCUT2D eigenvalue weighted by atomic mass is 16.5. The highest BCUT2D eigenvalue weighted by molar-refractivity contribution is 5.65. The minimum atomic E-state index is 0.0544. The van der Waals surface area contributed by atoms with Crippen molar-refractivity contribution >= 4 is 12.0 Å².